The molecule has 0 amide bonds. The largest absolute Gasteiger partial charge is 0.381 e. The Labute approximate surface area is 103 Å². The first-order valence-corrected chi connectivity index (χ1v) is 7.10. The number of hydrogen-bond acceptors (Lipinski definition) is 4. The summed E-state index contributed by atoms with van der Waals surface area (Å²) in [4.78, 5) is 0. The van der Waals surface area contributed by atoms with Crippen molar-refractivity contribution in [1.82, 2.24) is 5.32 Å². The van der Waals surface area contributed by atoms with Crippen molar-refractivity contribution in [3.8, 4) is 6.07 Å². The number of rotatable bonds is 6. The molecule has 0 aliphatic carbocycles. The molecule has 1 rings (SSSR count). The summed E-state index contributed by atoms with van der Waals surface area (Å²) in [7, 11) is 0. The minimum Gasteiger partial charge on any atom is -0.381 e. The summed E-state index contributed by atoms with van der Waals surface area (Å²) in [6.45, 7) is 6.79. The predicted octanol–water partition coefficient (Wildman–Crippen LogP) is 2.18. The number of nitriles is 1. The molecule has 92 valence electrons. The van der Waals surface area contributed by atoms with Crippen molar-refractivity contribution in [1.29, 1.82) is 5.26 Å². The van der Waals surface area contributed by atoms with Crippen LogP contribution in [0.3, 0.4) is 0 Å². The van der Waals surface area contributed by atoms with Crippen molar-refractivity contribution in [3.63, 3.8) is 0 Å². The fraction of sp³-hybridized carbons (Fsp3) is 0.917. The van der Waals surface area contributed by atoms with Gasteiger partial charge in [-0.3, -0.25) is 5.32 Å². The van der Waals surface area contributed by atoms with Crippen LogP contribution in [0.4, 0.5) is 0 Å². The third-order valence-corrected chi connectivity index (χ3v) is 4.47. The molecule has 16 heavy (non-hydrogen) atoms. The second kappa shape index (κ2) is 7.16. The van der Waals surface area contributed by atoms with Crippen molar-refractivity contribution < 1.29 is 4.74 Å². The van der Waals surface area contributed by atoms with E-state index in [2.05, 4.69) is 18.3 Å². The summed E-state index contributed by atoms with van der Waals surface area (Å²) in [6.07, 6.45) is 3.32. The van der Waals surface area contributed by atoms with E-state index in [1.165, 1.54) is 0 Å². The van der Waals surface area contributed by atoms with Crippen molar-refractivity contribution in [3.05, 3.63) is 0 Å². The Balaban J connectivity index is 2.29. The Morgan fingerprint density at radius 2 is 2.19 bits per heavy atom. The van der Waals surface area contributed by atoms with Crippen LogP contribution < -0.4 is 5.32 Å². The Hall–Kier alpha value is -0.240. The molecule has 0 radical (unpaired) electrons. The molecule has 1 aliphatic rings. The van der Waals surface area contributed by atoms with Gasteiger partial charge in [0.1, 0.15) is 5.54 Å². The smallest absolute Gasteiger partial charge is 0.113 e. The van der Waals surface area contributed by atoms with E-state index in [0.717, 1.165) is 44.8 Å². The van der Waals surface area contributed by atoms with Gasteiger partial charge in [0, 0.05) is 24.2 Å². The van der Waals surface area contributed by atoms with Crippen molar-refractivity contribution >= 4 is 11.8 Å². The van der Waals surface area contributed by atoms with Crippen LogP contribution in [0.25, 0.3) is 0 Å². The maximum Gasteiger partial charge on any atom is 0.113 e. The van der Waals surface area contributed by atoms with Crippen LogP contribution in [-0.2, 0) is 4.74 Å². The molecule has 1 aliphatic heterocycles. The van der Waals surface area contributed by atoms with Crippen LogP contribution in [-0.4, -0.2) is 36.3 Å². The van der Waals surface area contributed by atoms with Gasteiger partial charge in [0.25, 0.3) is 0 Å². The van der Waals surface area contributed by atoms with Gasteiger partial charge in [-0.15, -0.1) is 0 Å². The quantitative estimate of drug-likeness (QED) is 0.775. The molecule has 3 nitrogen and oxygen atoms in total. The number of ether oxygens (including phenoxy) is 1. The zero-order valence-corrected chi connectivity index (χ0v) is 11.1. The van der Waals surface area contributed by atoms with Crippen LogP contribution in [0.5, 0.6) is 0 Å². The molecule has 0 spiro atoms. The molecule has 1 N–H and O–H groups in total. The summed E-state index contributed by atoms with van der Waals surface area (Å²) in [5, 5.41) is 13.2. The lowest BCUT2D eigenvalue weighted by molar-refractivity contribution is 0.1000. The SMILES string of the molecule is CCCNC(C)(C#N)CSC1CCOCC1. The van der Waals surface area contributed by atoms with Gasteiger partial charge < -0.3 is 4.74 Å². The Kier molecular flexibility index (Phi) is 6.18. The molecule has 1 fully saturated rings. The highest BCUT2D eigenvalue weighted by Gasteiger charge is 2.25. The molecule has 1 heterocycles. The highest BCUT2D eigenvalue weighted by molar-refractivity contribution is 8.00. The minimum atomic E-state index is -0.376. The van der Waals surface area contributed by atoms with Crippen LogP contribution >= 0.6 is 11.8 Å². The topological polar surface area (TPSA) is 45.0 Å². The lowest BCUT2D eigenvalue weighted by atomic mass is 10.1. The van der Waals surface area contributed by atoms with E-state index in [1.807, 2.05) is 18.7 Å². The number of nitrogens with zero attached hydrogens (tertiary/aromatic N) is 1. The average Bonchev–Trinajstić information content (AvgIpc) is 2.35. The number of thioether (sulfide) groups is 1. The zero-order chi connectivity index (χ0) is 11.9. The fourth-order valence-electron chi connectivity index (χ4n) is 1.65. The molecular weight excluding hydrogens is 220 g/mol. The van der Waals surface area contributed by atoms with E-state index in [0.29, 0.717) is 5.25 Å². The van der Waals surface area contributed by atoms with Crippen molar-refractivity contribution in [2.24, 2.45) is 0 Å². The van der Waals surface area contributed by atoms with Crippen molar-refractivity contribution in [2.45, 2.75) is 43.9 Å². The molecule has 1 atom stereocenters. The number of hydrogen-bond donors (Lipinski definition) is 1. The van der Waals surface area contributed by atoms with Gasteiger partial charge in [0.15, 0.2) is 0 Å². The van der Waals surface area contributed by atoms with E-state index in [9.17, 15) is 5.26 Å². The van der Waals surface area contributed by atoms with Crippen molar-refractivity contribution in [2.75, 3.05) is 25.5 Å². The second-order valence-electron chi connectivity index (χ2n) is 4.49. The van der Waals surface area contributed by atoms with E-state index >= 15 is 0 Å². The molecule has 0 saturated carbocycles. The Bertz CT molecular complexity index is 236. The molecule has 1 unspecified atom stereocenters. The maximum absolute atomic E-state index is 9.19. The van der Waals surface area contributed by atoms with Gasteiger partial charge in [-0.1, -0.05) is 6.92 Å². The second-order valence-corrected chi connectivity index (χ2v) is 5.78. The summed E-state index contributed by atoms with van der Waals surface area (Å²) >= 11 is 1.91. The molecule has 0 aromatic heterocycles. The van der Waals surface area contributed by atoms with E-state index in [-0.39, 0.29) is 5.54 Å². The monoisotopic (exact) mass is 242 g/mol. The average molecular weight is 242 g/mol. The van der Waals surface area contributed by atoms with Gasteiger partial charge >= 0.3 is 0 Å². The lowest BCUT2D eigenvalue weighted by Gasteiger charge is -2.27. The van der Waals surface area contributed by atoms with Gasteiger partial charge in [0.2, 0.25) is 0 Å². The summed E-state index contributed by atoms with van der Waals surface area (Å²) in [5.74, 6) is 0.869. The van der Waals surface area contributed by atoms with Crippen LogP contribution in [0.1, 0.15) is 33.1 Å². The molecular formula is C12H22N2OS. The summed E-state index contributed by atoms with van der Waals surface area (Å²) in [5.41, 5.74) is -0.376. The van der Waals surface area contributed by atoms with E-state index in [4.69, 9.17) is 4.74 Å². The summed E-state index contributed by atoms with van der Waals surface area (Å²) in [6, 6.07) is 2.39. The van der Waals surface area contributed by atoms with Gasteiger partial charge in [0.05, 0.1) is 6.07 Å². The Morgan fingerprint density at radius 3 is 2.75 bits per heavy atom. The minimum absolute atomic E-state index is 0.376. The van der Waals surface area contributed by atoms with Gasteiger partial charge in [-0.2, -0.15) is 17.0 Å². The third-order valence-electron chi connectivity index (χ3n) is 2.79. The Morgan fingerprint density at radius 1 is 1.50 bits per heavy atom. The fourth-order valence-corrected chi connectivity index (χ4v) is 2.91. The molecule has 0 aromatic carbocycles. The van der Waals surface area contributed by atoms with Crippen LogP contribution in [0.15, 0.2) is 0 Å². The zero-order valence-electron chi connectivity index (χ0n) is 10.3. The molecule has 4 heteroatoms. The third kappa shape index (κ3) is 4.73. The van der Waals surface area contributed by atoms with Crippen LogP contribution in [0, 0.1) is 11.3 Å². The molecule has 1 saturated heterocycles. The molecule has 0 aromatic rings. The summed E-state index contributed by atoms with van der Waals surface area (Å²) < 4.78 is 5.33. The highest BCUT2D eigenvalue weighted by Crippen LogP contribution is 2.25. The first-order valence-electron chi connectivity index (χ1n) is 6.06. The van der Waals surface area contributed by atoms with Gasteiger partial charge in [-0.25, -0.2) is 0 Å². The van der Waals surface area contributed by atoms with E-state index < -0.39 is 0 Å². The van der Waals surface area contributed by atoms with Crippen LogP contribution in [0.2, 0.25) is 0 Å². The first-order chi connectivity index (χ1) is 7.70. The standard InChI is InChI=1S/C12H22N2OS/c1-3-6-14-12(2,9-13)10-16-11-4-7-15-8-5-11/h11,14H,3-8,10H2,1-2H3. The lowest BCUT2D eigenvalue weighted by Crippen LogP contribution is -2.44. The highest BCUT2D eigenvalue weighted by atomic mass is 32.2. The molecule has 0 bridgehead atoms. The normalized spacial score (nSPS) is 21.3. The first kappa shape index (κ1) is 13.8. The predicted molar refractivity (Wildman–Crippen MR) is 68.6 cm³/mol. The van der Waals surface area contributed by atoms with E-state index in [1.54, 1.807) is 0 Å². The van der Waals surface area contributed by atoms with Gasteiger partial charge in [-0.05, 0) is 32.7 Å². The number of nitrogens with one attached hydrogen (secondary N) is 1. The maximum atomic E-state index is 9.19.